The number of pyridine rings is 1. The third kappa shape index (κ3) is 5.46. The largest absolute Gasteiger partial charge is 0.481 e. The van der Waals surface area contributed by atoms with Gasteiger partial charge in [-0.05, 0) is 63.0 Å². The first kappa shape index (κ1) is 19.7. The summed E-state index contributed by atoms with van der Waals surface area (Å²) in [6, 6.07) is 11.6. The molecule has 140 valence electrons. The van der Waals surface area contributed by atoms with Gasteiger partial charge in [-0.2, -0.15) is 0 Å². The van der Waals surface area contributed by atoms with Crippen molar-refractivity contribution in [1.82, 2.24) is 10.3 Å². The molecule has 0 amide bonds. The number of nitrogens with one attached hydrogen (secondary N) is 2. The Balaban J connectivity index is 1.64. The second-order valence-electron chi connectivity index (χ2n) is 6.84. The van der Waals surface area contributed by atoms with E-state index in [1.807, 2.05) is 36.4 Å². The predicted octanol–water partition coefficient (Wildman–Crippen LogP) is 2.66. The number of carboxylic acids is 1. The molecule has 1 aromatic heterocycles. The first-order valence-electron chi connectivity index (χ1n) is 8.89. The maximum absolute atomic E-state index is 11.3. The maximum atomic E-state index is 11.3. The number of rotatable bonds is 10. The summed E-state index contributed by atoms with van der Waals surface area (Å²) in [5.74, 6) is -0.288. The number of anilines is 2. The Labute approximate surface area is 154 Å². The standard InChI is InChI=1S/C20H28N4O2/c1-20(2,19(25)26)16-8-6-15(7-9-16)10-14-22-11-4-13-23-17-5-3-12-24-18(17)21/h3,5-9,12,22-23H,4,10-11,13-14H2,1-2H3,(H2,21,24)(H,25,26). The van der Waals surface area contributed by atoms with Gasteiger partial charge >= 0.3 is 5.97 Å². The van der Waals surface area contributed by atoms with Gasteiger partial charge in [0, 0.05) is 12.7 Å². The summed E-state index contributed by atoms with van der Waals surface area (Å²) in [6.45, 7) is 6.08. The number of carboxylic acid groups (broad SMARTS) is 1. The van der Waals surface area contributed by atoms with Gasteiger partial charge in [0.1, 0.15) is 5.82 Å². The summed E-state index contributed by atoms with van der Waals surface area (Å²) in [6.07, 6.45) is 3.58. The van der Waals surface area contributed by atoms with Crippen LogP contribution in [0.25, 0.3) is 0 Å². The number of hydrogen-bond acceptors (Lipinski definition) is 5. The Morgan fingerprint density at radius 3 is 2.54 bits per heavy atom. The monoisotopic (exact) mass is 356 g/mol. The van der Waals surface area contributed by atoms with Crippen LogP contribution in [-0.2, 0) is 16.6 Å². The van der Waals surface area contributed by atoms with Gasteiger partial charge in [0.25, 0.3) is 0 Å². The van der Waals surface area contributed by atoms with E-state index in [2.05, 4.69) is 15.6 Å². The lowest BCUT2D eigenvalue weighted by atomic mass is 9.84. The van der Waals surface area contributed by atoms with Crippen molar-refractivity contribution in [1.29, 1.82) is 0 Å². The number of nitrogens with zero attached hydrogens (tertiary/aromatic N) is 1. The lowest BCUT2D eigenvalue weighted by Crippen LogP contribution is -2.28. The van der Waals surface area contributed by atoms with Crippen LogP contribution in [0.3, 0.4) is 0 Å². The van der Waals surface area contributed by atoms with Crippen LogP contribution in [-0.4, -0.2) is 35.7 Å². The average Bonchev–Trinajstić information content (AvgIpc) is 2.62. The summed E-state index contributed by atoms with van der Waals surface area (Å²) in [5.41, 5.74) is 7.81. The minimum absolute atomic E-state index is 0.523. The van der Waals surface area contributed by atoms with Crippen LogP contribution in [0.5, 0.6) is 0 Å². The number of benzene rings is 1. The number of hydrogen-bond donors (Lipinski definition) is 4. The SMILES string of the molecule is CC(C)(C(=O)O)c1ccc(CCNCCCNc2cccnc2N)cc1. The van der Waals surface area contributed by atoms with Gasteiger partial charge in [0.05, 0.1) is 11.1 Å². The van der Waals surface area contributed by atoms with E-state index in [1.165, 1.54) is 5.56 Å². The molecule has 0 aliphatic carbocycles. The third-order valence-corrected chi connectivity index (χ3v) is 4.49. The van der Waals surface area contributed by atoms with Crippen molar-refractivity contribution in [3.8, 4) is 0 Å². The van der Waals surface area contributed by atoms with Gasteiger partial charge in [-0.25, -0.2) is 4.98 Å². The molecule has 0 saturated heterocycles. The molecule has 0 saturated carbocycles. The molecule has 0 aliphatic heterocycles. The van der Waals surface area contributed by atoms with E-state index in [0.29, 0.717) is 5.82 Å². The van der Waals surface area contributed by atoms with E-state index in [0.717, 1.165) is 43.7 Å². The molecule has 0 atom stereocenters. The molecule has 0 radical (unpaired) electrons. The fraction of sp³-hybridized carbons (Fsp3) is 0.400. The minimum atomic E-state index is -0.860. The molecule has 0 fully saturated rings. The first-order chi connectivity index (χ1) is 12.4. The summed E-state index contributed by atoms with van der Waals surface area (Å²) in [5, 5.41) is 16.0. The molecular weight excluding hydrogens is 328 g/mol. The molecule has 0 bridgehead atoms. The van der Waals surface area contributed by atoms with Crippen molar-refractivity contribution in [2.24, 2.45) is 0 Å². The zero-order valence-electron chi connectivity index (χ0n) is 15.5. The van der Waals surface area contributed by atoms with Crippen molar-refractivity contribution < 1.29 is 9.90 Å². The second-order valence-corrected chi connectivity index (χ2v) is 6.84. The fourth-order valence-corrected chi connectivity index (χ4v) is 2.57. The normalized spacial score (nSPS) is 11.3. The van der Waals surface area contributed by atoms with Crippen molar-refractivity contribution >= 4 is 17.5 Å². The Bertz CT molecular complexity index is 714. The van der Waals surface area contributed by atoms with Crippen molar-refractivity contribution in [2.45, 2.75) is 32.1 Å². The van der Waals surface area contributed by atoms with Gasteiger partial charge < -0.3 is 21.5 Å². The van der Waals surface area contributed by atoms with Gasteiger partial charge in [-0.1, -0.05) is 24.3 Å². The third-order valence-electron chi connectivity index (χ3n) is 4.49. The van der Waals surface area contributed by atoms with E-state index in [-0.39, 0.29) is 0 Å². The molecule has 2 rings (SSSR count). The lowest BCUT2D eigenvalue weighted by Gasteiger charge is -2.19. The summed E-state index contributed by atoms with van der Waals surface area (Å²) >= 11 is 0. The van der Waals surface area contributed by atoms with Crippen molar-refractivity contribution in [3.63, 3.8) is 0 Å². The smallest absolute Gasteiger partial charge is 0.313 e. The van der Waals surface area contributed by atoms with Gasteiger partial charge in [0.15, 0.2) is 0 Å². The van der Waals surface area contributed by atoms with E-state index in [1.54, 1.807) is 20.0 Å². The maximum Gasteiger partial charge on any atom is 0.313 e. The molecule has 1 heterocycles. The number of aliphatic carboxylic acids is 1. The quantitative estimate of drug-likeness (QED) is 0.488. The molecule has 1 aromatic carbocycles. The van der Waals surface area contributed by atoms with E-state index < -0.39 is 11.4 Å². The summed E-state index contributed by atoms with van der Waals surface area (Å²) in [4.78, 5) is 15.3. The highest BCUT2D eigenvalue weighted by Crippen LogP contribution is 2.23. The van der Waals surface area contributed by atoms with Gasteiger partial charge in [-0.15, -0.1) is 0 Å². The molecule has 2 aromatic rings. The lowest BCUT2D eigenvalue weighted by molar-refractivity contribution is -0.142. The number of nitrogens with two attached hydrogens (primary N) is 1. The van der Waals surface area contributed by atoms with Gasteiger partial charge in [-0.3, -0.25) is 4.79 Å². The first-order valence-corrected chi connectivity index (χ1v) is 8.89. The van der Waals surface area contributed by atoms with Crippen LogP contribution in [0, 0.1) is 0 Å². The zero-order chi connectivity index (χ0) is 19.0. The van der Waals surface area contributed by atoms with Crippen molar-refractivity contribution in [3.05, 3.63) is 53.7 Å². The molecule has 0 aliphatic rings. The van der Waals surface area contributed by atoms with Crippen LogP contribution in [0.15, 0.2) is 42.6 Å². The highest BCUT2D eigenvalue weighted by atomic mass is 16.4. The van der Waals surface area contributed by atoms with Crippen LogP contribution < -0.4 is 16.4 Å². The highest BCUT2D eigenvalue weighted by molar-refractivity contribution is 5.80. The number of nitrogen functional groups attached to an aromatic ring is 1. The van der Waals surface area contributed by atoms with Crippen molar-refractivity contribution in [2.75, 3.05) is 30.7 Å². The van der Waals surface area contributed by atoms with Crippen LogP contribution >= 0.6 is 0 Å². The summed E-state index contributed by atoms with van der Waals surface area (Å²) in [7, 11) is 0. The Morgan fingerprint density at radius 2 is 1.88 bits per heavy atom. The van der Waals surface area contributed by atoms with E-state index >= 15 is 0 Å². The Morgan fingerprint density at radius 1 is 1.15 bits per heavy atom. The number of aromatic nitrogens is 1. The molecule has 0 spiro atoms. The van der Waals surface area contributed by atoms with Crippen LogP contribution in [0.2, 0.25) is 0 Å². The highest BCUT2D eigenvalue weighted by Gasteiger charge is 2.28. The topological polar surface area (TPSA) is 100 Å². The fourth-order valence-electron chi connectivity index (χ4n) is 2.57. The van der Waals surface area contributed by atoms with E-state index in [4.69, 9.17) is 5.73 Å². The second kappa shape index (κ2) is 9.20. The molecule has 0 unspecified atom stereocenters. The minimum Gasteiger partial charge on any atom is -0.481 e. The Hall–Kier alpha value is -2.60. The molecule has 6 nitrogen and oxygen atoms in total. The van der Waals surface area contributed by atoms with E-state index in [9.17, 15) is 9.90 Å². The average molecular weight is 356 g/mol. The molecule has 5 N–H and O–H groups in total. The molecule has 26 heavy (non-hydrogen) atoms. The summed E-state index contributed by atoms with van der Waals surface area (Å²) < 4.78 is 0. The predicted molar refractivity (Wildman–Crippen MR) is 105 cm³/mol. The molecule has 6 heteroatoms. The van der Waals surface area contributed by atoms with Crippen LogP contribution in [0.4, 0.5) is 11.5 Å². The zero-order valence-corrected chi connectivity index (χ0v) is 15.5. The Kier molecular flexibility index (Phi) is 6.97. The number of carbonyl (C=O) groups is 1. The molecular formula is C20H28N4O2. The van der Waals surface area contributed by atoms with Crippen LogP contribution in [0.1, 0.15) is 31.4 Å². The van der Waals surface area contributed by atoms with Gasteiger partial charge in [0.2, 0.25) is 0 Å².